The Morgan fingerprint density at radius 1 is 1.42 bits per heavy atom. The molecule has 2 rings (SSSR count). The zero-order valence-electron chi connectivity index (χ0n) is 11.8. The SMILES string of the molecule is CCCC(C)CN1Cc2ccccc2CC1C(=O)O. The van der Waals surface area contributed by atoms with E-state index in [0.29, 0.717) is 12.3 Å². The number of fused-ring (bicyclic) bond motifs is 1. The first-order valence-corrected chi connectivity index (χ1v) is 7.15. The van der Waals surface area contributed by atoms with E-state index in [-0.39, 0.29) is 6.04 Å². The minimum Gasteiger partial charge on any atom is -0.480 e. The molecular weight excluding hydrogens is 238 g/mol. The van der Waals surface area contributed by atoms with Crippen molar-refractivity contribution < 1.29 is 9.90 Å². The van der Waals surface area contributed by atoms with Crippen molar-refractivity contribution in [1.29, 1.82) is 0 Å². The molecule has 1 aliphatic rings. The molecule has 0 aromatic heterocycles. The summed E-state index contributed by atoms with van der Waals surface area (Å²) in [5.74, 6) is -0.143. The molecule has 3 heteroatoms. The highest BCUT2D eigenvalue weighted by atomic mass is 16.4. The van der Waals surface area contributed by atoms with Gasteiger partial charge in [0, 0.05) is 13.1 Å². The summed E-state index contributed by atoms with van der Waals surface area (Å²) < 4.78 is 0. The van der Waals surface area contributed by atoms with Crippen molar-refractivity contribution >= 4 is 5.97 Å². The van der Waals surface area contributed by atoms with Crippen LogP contribution in [-0.2, 0) is 17.8 Å². The molecule has 3 nitrogen and oxygen atoms in total. The monoisotopic (exact) mass is 261 g/mol. The number of benzene rings is 1. The van der Waals surface area contributed by atoms with Crippen molar-refractivity contribution in [2.24, 2.45) is 5.92 Å². The largest absolute Gasteiger partial charge is 0.480 e. The highest BCUT2D eigenvalue weighted by Gasteiger charge is 2.31. The fourth-order valence-electron chi connectivity index (χ4n) is 3.00. The average Bonchev–Trinajstić information content (AvgIpc) is 2.38. The molecule has 2 atom stereocenters. The fraction of sp³-hybridized carbons (Fsp3) is 0.562. The van der Waals surface area contributed by atoms with Gasteiger partial charge in [-0.25, -0.2) is 0 Å². The standard InChI is InChI=1S/C16H23NO2/c1-3-6-12(2)10-17-11-14-8-5-4-7-13(14)9-15(17)16(18)19/h4-5,7-8,12,15H,3,6,9-11H2,1-2H3,(H,18,19). The second kappa shape index (κ2) is 6.20. The number of carboxylic acids is 1. The quantitative estimate of drug-likeness (QED) is 0.886. The normalized spacial score (nSPS) is 20.8. The van der Waals surface area contributed by atoms with Crippen LogP contribution in [0, 0.1) is 5.92 Å². The van der Waals surface area contributed by atoms with Crippen LogP contribution in [0.3, 0.4) is 0 Å². The molecule has 1 aliphatic heterocycles. The Hall–Kier alpha value is -1.35. The number of nitrogens with zero attached hydrogens (tertiary/aromatic N) is 1. The molecule has 0 amide bonds. The van der Waals surface area contributed by atoms with Crippen molar-refractivity contribution in [2.75, 3.05) is 6.54 Å². The number of hydrogen-bond donors (Lipinski definition) is 1. The first-order valence-electron chi connectivity index (χ1n) is 7.15. The fourth-order valence-corrected chi connectivity index (χ4v) is 3.00. The summed E-state index contributed by atoms with van der Waals surface area (Å²) >= 11 is 0. The van der Waals surface area contributed by atoms with Gasteiger partial charge in [0.25, 0.3) is 0 Å². The second-order valence-electron chi connectivity index (χ2n) is 5.65. The zero-order chi connectivity index (χ0) is 13.8. The number of aliphatic carboxylic acids is 1. The Balaban J connectivity index is 2.14. The molecule has 0 saturated carbocycles. The lowest BCUT2D eigenvalue weighted by Gasteiger charge is -2.36. The molecule has 0 saturated heterocycles. The molecule has 0 radical (unpaired) electrons. The molecule has 1 N–H and O–H groups in total. The zero-order valence-corrected chi connectivity index (χ0v) is 11.8. The number of carbonyl (C=O) groups is 1. The lowest BCUT2D eigenvalue weighted by Crippen LogP contribution is -2.47. The predicted molar refractivity (Wildman–Crippen MR) is 76.1 cm³/mol. The van der Waals surface area contributed by atoms with Crippen LogP contribution in [0.15, 0.2) is 24.3 Å². The maximum absolute atomic E-state index is 11.5. The maximum atomic E-state index is 11.5. The Morgan fingerprint density at radius 2 is 2.11 bits per heavy atom. The Kier molecular flexibility index (Phi) is 4.59. The van der Waals surface area contributed by atoms with E-state index in [1.54, 1.807) is 0 Å². The van der Waals surface area contributed by atoms with Gasteiger partial charge in [-0.15, -0.1) is 0 Å². The molecular formula is C16H23NO2. The van der Waals surface area contributed by atoms with Crippen molar-refractivity contribution in [3.63, 3.8) is 0 Å². The molecule has 0 aliphatic carbocycles. The third kappa shape index (κ3) is 3.35. The van der Waals surface area contributed by atoms with Gasteiger partial charge in [-0.3, -0.25) is 9.69 Å². The van der Waals surface area contributed by atoms with E-state index in [2.05, 4.69) is 30.9 Å². The van der Waals surface area contributed by atoms with E-state index in [1.807, 2.05) is 12.1 Å². The minimum atomic E-state index is -0.696. The van der Waals surface area contributed by atoms with Crippen LogP contribution in [0.4, 0.5) is 0 Å². The lowest BCUT2D eigenvalue weighted by atomic mass is 9.92. The first-order chi connectivity index (χ1) is 9.11. The van der Waals surface area contributed by atoms with E-state index >= 15 is 0 Å². The van der Waals surface area contributed by atoms with Gasteiger partial charge in [-0.2, -0.15) is 0 Å². The van der Waals surface area contributed by atoms with Crippen LogP contribution in [-0.4, -0.2) is 28.6 Å². The molecule has 0 spiro atoms. The molecule has 1 heterocycles. The third-order valence-electron chi connectivity index (χ3n) is 3.96. The minimum absolute atomic E-state index is 0.366. The van der Waals surface area contributed by atoms with Gasteiger partial charge in [-0.1, -0.05) is 44.5 Å². The number of rotatable bonds is 5. The second-order valence-corrected chi connectivity index (χ2v) is 5.65. The van der Waals surface area contributed by atoms with Crippen molar-refractivity contribution in [3.8, 4) is 0 Å². The van der Waals surface area contributed by atoms with E-state index in [1.165, 1.54) is 11.1 Å². The van der Waals surface area contributed by atoms with Crippen molar-refractivity contribution in [2.45, 2.75) is 45.7 Å². The Morgan fingerprint density at radius 3 is 2.74 bits per heavy atom. The van der Waals surface area contributed by atoms with Crippen LogP contribution < -0.4 is 0 Å². The van der Waals surface area contributed by atoms with Crippen LogP contribution in [0.2, 0.25) is 0 Å². The van der Waals surface area contributed by atoms with Gasteiger partial charge in [0.1, 0.15) is 6.04 Å². The maximum Gasteiger partial charge on any atom is 0.321 e. The van der Waals surface area contributed by atoms with E-state index < -0.39 is 5.97 Å². The van der Waals surface area contributed by atoms with Gasteiger partial charge >= 0.3 is 5.97 Å². The average molecular weight is 261 g/mol. The van der Waals surface area contributed by atoms with Gasteiger partial charge in [0.05, 0.1) is 0 Å². The summed E-state index contributed by atoms with van der Waals surface area (Å²) in [7, 11) is 0. The highest BCUT2D eigenvalue weighted by Crippen LogP contribution is 2.25. The summed E-state index contributed by atoms with van der Waals surface area (Å²) in [6, 6.07) is 7.83. The van der Waals surface area contributed by atoms with Crippen LogP contribution in [0.1, 0.15) is 37.8 Å². The summed E-state index contributed by atoms with van der Waals surface area (Å²) in [5, 5.41) is 9.44. The Labute approximate surface area is 115 Å². The topological polar surface area (TPSA) is 40.5 Å². The van der Waals surface area contributed by atoms with Gasteiger partial charge in [0.2, 0.25) is 0 Å². The molecule has 2 unspecified atom stereocenters. The molecule has 0 bridgehead atoms. The summed E-state index contributed by atoms with van der Waals surface area (Å²) in [6.07, 6.45) is 2.94. The van der Waals surface area contributed by atoms with Gasteiger partial charge in [-0.05, 0) is 29.9 Å². The molecule has 19 heavy (non-hydrogen) atoms. The summed E-state index contributed by atoms with van der Waals surface area (Å²) in [5.41, 5.74) is 2.47. The van der Waals surface area contributed by atoms with Crippen LogP contribution in [0.5, 0.6) is 0 Å². The van der Waals surface area contributed by atoms with E-state index in [9.17, 15) is 9.90 Å². The van der Waals surface area contributed by atoms with Crippen LogP contribution >= 0.6 is 0 Å². The van der Waals surface area contributed by atoms with Crippen LogP contribution in [0.25, 0.3) is 0 Å². The summed E-state index contributed by atoms with van der Waals surface area (Å²) in [4.78, 5) is 13.6. The Bertz CT molecular complexity index is 444. The molecule has 0 fully saturated rings. The molecule has 1 aromatic rings. The highest BCUT2D eigenvalue weighted by molar-refractivity contribution is 5.74. The van der Waals surface area contributed by atoms with Gasteiger partial charge in [0.15, 0.2) is 0 Å². The van der Waals surface area contributed by atoms with Gasteiger partial charge < -0.3 is 5.11 Å². The van der Waals surface area contributed by atoms with E-state index in [4.69, 9.17) is 0 Å². The lowest BCUT2D eigenvalue weighted by molar-refractivity contribution is -0.144. The number of hydrogen-bond acceptors (Lipinski definition) is 2. The smallest absolute Gasteiger partial charge is 0.321 e. The third-order valence-corrected chi connectivity index (χ3v) is 3.96. The van der Waals surface area contributed by atoms with Crippen molar-refractivity contribution in [3.05, 3.63) is 35.4 Å². The van der Waals surface area contributed by atoms with E-state index in [0.717, 1.165) is 25.9 Å². The number of carboxylic acid groups (broad SMARTS) is 1. The summed E-state index contributed by atoms with van der Waals surface area (Å²) in [6.45, 7) is 6.03. The first kappa shape index (κ1) is 14.1. The van der Waals surface area contributed by atoms with Crippen molar-refractivity contribution in [1.82, 2.24) is 4.90 Å². The molecule has 104 valence electrons. The molecule has 1 aromatic carbocycles. The predicted octanol–water partition coefficient (Wildman–Crippen LogP) is 2.93.